The molecular weight excluding hydrogens is 200 g/mol. The lowest BCUT2D eigenvalue weighted by molar-refractivity contribution is -0.142. The minimum atomic E-state index is -0.116. The van der Waals surface area contributed by atoms with E-state index in [9.17, 15) is 4.79 Å². The second-order valence-electron chi connectivity index (χ2n) is 4.47. The highest BCUT2D eigenvalue weighted by Gasteiger charge is 2.18. The maximum atomic E-state index is 11.3. The topological polar surface area (TPSA) is 26.3 Å². The van der Waals surface area contributed by atoms with E-state index in [-0.39, 0.29) is 5.97 Å². The quantitative estimate of drug-likeness (QED) is 0.713. The van der Waals surface area contributed by atoms with Crippen LogP contribution in [0.15, 0.2) is 30.3 Å². The summed E-state index contributed by atoms with van der Waals surface area (Å²) >= 11 is 0. The van der Waals surface area contributed by atoms with Crippen molar-refractivity contribution in [3.05, 3.63) is 35.9 Å². The summed E-state index contributed by atoms with van der Waals surface area (Å²) in [7, 11) is 1.45. The Morgan fingerprint density at radius 1 is 1.25 bits per heavy atom. The Bertz CT molecular complexity index is 317. The zero-order chi connectivity index (χ0) is 12.0. The lowest BCUT2D eigenvalue weighted by Gasteiger charge is -2.19. The van der Waals surface area contributed by atoms with Crippen molar-refractivity contribution in [2.24, 2.45) is 11.8 Å². The maximum absolute atomic E-state index is 11.3. The van der Waals surface area contributed by atoms with Gasteiger partial charge in [0.15, 0.2) is 0 Å². The molecule has 0 fully saturated rings. The van der Waals surface area contributed by atoms with E-state index in [0.717, 1.165) is 6.42 Å². The van der Waals surface area contributed by atoms with E-state index in [1.54, 1.807) is 0 Å². The van der Waals surface area contributed by atoms with Crippen molar-refractivity contribution in [3.8, 4) is 0 Å². The average molecular weight is 220 g/mol. The van der Waals surface area contributed by atoms with Crippen LogP contribution in [0.3, 0.4) is 0 Å². The molecule has 88 valence electrons. The highest BCUT2D eigenvalue weighted by molar-refractivity contribution is 5.69. The van der Waals surface area contributed by atoms with Crippen molar-refractivity contribution in [2.45, 2.75) is 26.7 Å². The summed E-state index contributed by atoms with van der Waals surface area (Å²) in [5.41, 5.74) is 1.28. The molecular formula is C14H20O2. The average Bonchev–Trinajstić information content (AvgIpc) is 2.29. The van der Waals surface area contributed by atoms with Crippen molar-refractivity contribution in [1.82, 2.24) is 0 Å². The largest absolute Gasteiger partial charge is 0.469 e. The summed E-state index contributed by atoms with van der Waals surface area (Å²) in [4.78, 5) is 11.3. The molecule has 16 heavy (non-hydrogen) atoms. The van der Waals surface area contributed by atoms with Gasteiger partial charge in [-0.2, -0.15) is 0 Å². The molecule has 0 aliphatic carbocycles. The van der Waals surface area contributed by atoms with Gasteiger partial charge in [0.25, 0.3) is 0 Å². The number of hydrogen-bond donors (Lipinski definition) is 0. The molecule has 0 N–H and O–H groups in total. The van der Waals surface area contributed by atoms with Crippen LogP contribution in [0.5, 0.6) is 0 Å². The summed E-state index contributed by atoms with van der Waals surface area (Å²) < 4.78 is 4.73. The second kappa shape index (κ2) is 6.31. The van der Waals surface area contributed by atoms with E-state index in [2.05, 4.69) is 26.0 Å². The van der Waals surface area contributed by atoms with E-state index in [0.29, 0.717) is 18.3 Å². The van der Waals surface area contributed by atoms with Gasteiger partial charge in [0, 0.05) is 6.42 Å². The summed E-state index contributed by atoms with van der Waals surface area (Å²) in [6.45, 7) is 4.30. The fraction of sp³-hybridized carbons (Fsp3) is 0.500. The number of carbonyl (C=O) groups is 1. The fourth-order valence-electron chi connectivity index (χ4n) is 1.76. The molecule has 0 aliphatic rings. The minimum absolute atomic E-state index is 0.116. The maximum Gasteiger partial charge on any atom is 0.305 e. The molecule has 0 aliphatic heterocycles. The van der Waals surface area contributed by atoms with E-state index in [1.807, 2.05) is 18.2 Å². The Kier molecular flexibility index (Phi) is 5.03. The molecule has 0 radical (unpaired) electrons. The third-order valence-electron chi connectivity index (χ3n) is 2.94. The minimum Gasteiger partial charge on any atom is -0.469 e. The monoisotopic (exact) mass is 220 g/mol. The molecule has 0 heterocycles. The number of hydrogen-bond acceptors (Lipinski definition) is 2. The van der Waals surface area contributed by atoms with Crippen LogP contribution in [0.4, 0.5) is 0 Å². The van der Waals surface area contributed by atoms with E-state index in [1.165, 1.54) is 12.7 Å². The molecule has 0 amide bonds. The van der Waals surface area contributed by atoms with Crippen LogP contribution in [0, 0.1) is 11.8 Å². The number of methoxy groups -OCH3 is 1. The van der Waals surface area contributed by atoms with Crippen LogP contribution in [-0.4, -0.2) is 13.1 Å². The van der Waals surface area contributed by atoms with Crippen molar-refractivity contribution in [3.63, 3.8) is 0 Å². The van der Waals surface area contributed by atoms with Crippen LogP contribution >= 0.6 is 0 Å². The van der Waals surface area contributed by atoms with Crippen LogP contribution in [0.1, 0.15) is 25.8 Å². The SMILES string of the molecule is COC(=O)C[C@@H](Cc1ccccc1)C(C)C. The molecule has 0 spiro atoms. The van der Waals surface area contributed by atoms with Crippen molar-refractivity contribution in [2.75, 3.05) is 7.11 Å². The Morgan fingerprint density at radius 2 is 1.88 bits per heavy atom. The third kappa shape index (κ3) is 4.05. The van der Waals surface area contributed by atoms with Crippen LogP contribution in [0.2, 0.25) is 0 Å². The standard InChI is InChI=1S/C14H20O2/c1-11(2)13(10-14(15)16-3)9-12-7-5-4-6-8-12/h4-8,11,13H,9-10H2,1-3H3/t13-/m1/s1. The third-order valence-corrected chi connectivity index (χ3v) is 2.94. The molecule has 0 aromatic heterocycles. The van der Waals surface area contributed by atoms with E-state index < -0.39 is 0 Å². The summed E-state index contributed by atoms with van der Waals surface area (Å²) in [5, 5.41) is 0. The highest BCUT2D eigenvalue weighted by Crippen LogP contribution is 2.21. The first kappa shape index (κ1) is 12.8. The van der Waals surface area contributed by atoms with Gasteiger partial charge in [-0.1, -0.05) is 44.2 Å². The first-order valence-corrected chi connectivity index (χ1v) is 5.74. The van der Waals surface area contributed by atoms with Crippen molar-refractivity contribution >= 4 is 5.97 Å². The predicted molar refractivity (Wildman–Crippen MR) is 65.1 cm³/mol. The molecule has 0 saturated carbocycles. The van der Waals surface area contributed by atoms with Gasteiger partial charge in [0.1, 0.15) is 0 Å². The molecule has 1 atom stereocenters. The molecule has 0 bridgehead atoms. The first-order valence-electron chi connectivity index (χ1n) is 5.74. The number of benzene rings is 1. The van der Waals surface area contributed by atoms with Crippen LogP contribution in [0.25, 0.3) is 0 Å². The van der Waals surface area contributed by atoms with Gasteiger partial charge in [-0.05, 0) is 23.8 Å². The fourth-order valence-corrected chi connectivity index (χ4v) is 1.76. The summed E-state index contributed by atoms with van der Waals surface area (Å²) in [5.74, 6) is 0.726. The van der Waals surface area contributed by atoms with Crippen LogP contribution < -0.4 is 0 Å². The van der Waals surface area contributed by atoms with Gasteiger partial charge in [0.2, 0.25) is 0 Å². The normalized spacial score (nSPS) is 12.5. The van der Waals surface area contributed by atoms with Gasteiger partial charge in [-0.3, -0.25) is 4.79 Å². The zero-order valence-corrected chi connectivity index (χ0v) is 10.3. The molecule has 2 heteroatoms. The number of rotatable bonds is 5. The van der Waals surface area contributed by atoms with E-state index in [4.69, 9.17) is 4.74 Å². The lowest BCUT2D eigenvalue weighted by atomic mass is 9.87. The second-order valence-corrected chi connectivity index (χ2v) is 4.47. The Hall–Kier alpha value is -1.31. The van der Waals surface area contributed by atoms with E-state index >= 15 is 0 Å². The summed E-state index contributed by atoms with van der Waals surface area (Å²) in [6, 6.07) is 10.3. The Balaban J connectivity index is 2.62. The molecule has 2 nitrogen and oxygen atoms in total. The van der Waals surface area contributed by atoms with Gasteiger partial charge in [0.05, 0.1) is 7.11 Å². The van der Waals surface area contributed by atoms with Gasteiger partial charge < -0.3 is 4.74 Å². The van der Waals surface area contributed by atoms with Crippen molar-refractivity contribution < 1.29 is 9.53 Å². The van der Waals surface area contributed by atoms with Gasteiger partial charge in [-0.15, -0.1) is 0 Å². The predicted octanol–water partition coefficient (Wildman–Crippen LogP) is 3.06. The number of carbonyl (C=O) groups excluding carboxylic acids is 1. The molecule has 0 unspecified atom stereocenters. The number of esters is 1. The smallest absolute Gasteiger partial charge is 0.305 e. The first-order chi connectivity index (χ1) is 7.63. The van der Waals surface area contributed by atoms with Crippen molar-refractivity contribution in [1.29, 1.82) is 0 Å². The molecule has 1 aromatic rings. The summed E-state index contributed by atoms with van der Waals surface area (Å²) in [6.07, 6.45) is 1.44. The van der Waals surface area contributed by atoms with Gasteiger partial charge >= 0.3 is 5.97 Å². The lowest BCUT2D eigenvalue weighted by Crippen LogP contribution is -2.17. The Labute approximate surface area is 97.6 Å². The zero-order valence-electron chi connectivity index (χ0n) is 10.3. The Morgan fingerprint density at radius 3 is 2.38 bits per heavy atom. The highest BCUT2D eigenvalue weighted by atomic mass is 16.5. The molecule has 1 rings (SSSR count). The molecule has 0 saturated heterocycles. The van der Waals surface area contributed by atoms with Crippen LogP contribution in [-0.2, 0) is 16.0 Å². The number of ether oxygens (including phenoxy) is 1. The van der Waals surface area contributed by atoms with Gasteiger partial charge in [-0.25, -0.2) is 0 Å². The molecule has 1 aromatic carbocycles.